The number of methoxy groups -OCH3 is 2. The van der Waals surface area contributed by atoms with E-state index >= 15 is 0 Å². The molecular weight excluding hydrogens is 424 g/mol. The summed E-state index contributed by atoms with van der Waals surface area (Å²) in [6, 6.07) is 20.1. The minimum atomic E-state index is -0.160. The summed E-state index contributed by atoms with van der Waals surface area (Å²) in [7, 11) is 3.31. The van der Waals surface area contributed by atoms with Crippen LogP contribution in [0.4, 0.5) is 0 Å². The summed E-state index contributed by atoms with van der Waals surface area (Å²) in [6.45, 7) is 9.14. The molecule has 1 N–H and O–H groups in total. The van der Waals surface area contributed by atoms with Crippen LogP contribution in [0, 0.1) is 5.41 Å². The van der Waals surface area contributed by atoms with E-state index in [1.165, 1.54) is 16.7 Å². The Kier molecular flexibility index (Phi) is 6.53. The molecule has 34 heavy (non-hydrogen) atoms. The van der Waals surface area contributed by atoms with Gasteiger partial charge in [0.2, 0.25) is 0 Å². The van der Waals surface area contributed by atoms with Crippen LogP contribution in [0.1, 0.15) is 51.7 Å². The van der Waals surface area contributed by atoms with E-state index in [0.29, 0.717) is 11.5 Å². The Labute approximate surface area is 203 Å². The first-order valence-corrected chi connectivity index (χ1v) is 11.9. The number of rotatable bonds is 8. The first-order chi connectivity index (χ1) is 16.1. The van der Waals surface area contributed by atoms with Gasteiger partial charge in [-0.2, -0.15) is 0 Å². The second-order valence-corrected chi connectivity index (χ2v) is 10.6. The number of hydrogen-bond donors (Lipinski definition) is 1. The van der Waals surface area contributed by atoms with Gasteiger partial charge in [0.25, 0.3) is 0 Å². The Morgan fingerprint density at radius 2 is 1.65 bits per heavy atom. The number of phenols is 1. The molecule has 4 nitrogen and oxygen atoms in total. The number of ether oxygens (including phenoxy) is 3. The van der Waals surface area contributed by atoms with E-state index < -0.39 is 0 Å². The molecule has 0 aliphatic carbocycles. The van der Waals surface area contributed by atoms with Gasteiger partial charge in [-0.15, -0.1) is 0 Å². The average molecular weight is 461 g/mol. The van der Waals surface area contributed by atoms with Crippen molar-refractivity contribution in [2.45, 2.75) is 58.5 Å². The molecule has 0 saturated heterocycles. The molecule has 0 spiro atoms. The number of aryl methyl sites for hydroxylation is 1. The van der Waals surface area contributed by atoms with Crippen molar-refractivity contribution in [3.05, 3.63) is 71.8 Å². The van der Waals surface area contributed by atoms with Crippen molar-refractivity contribution in [1.82, 2.24) is 0 Å². The van der Waals surface area contributed by atoms with Crippen LogP contribution >= 0.6 is 0 Å². The topological polar surface area (TPSA) is 47.9 Å². The van der Waals surface area contributed by atoms with Crippen molar-refractivity contribution in [1.29, 1.82) is 0 Å². The summed E-state index contributed by atoms with van der Waals surface area (Å²) in [5, 5.41) is 10.4. The fraction of sp³-hybridized carbons (Fsp3) is 0.400. The smallest absolute Gasteiger partial charge is 0.127 e. The highest BCUT2D eigenvalue weighted by Gasteiger charge is 2.45. The third-order valence-electron chi connectivity index (χ3n) is 7.22. The minimum Gasteiger partial charge on any atom is -0.508 e. The number of phenolic OH excluding ortho intramolecular Hbond substituents is 1. The van der Waals surface area contributed by atoms with Gasteiger partial charge in [0, 0.05) is 23.1 Å². The van der Waals surface area contributed by atoms with E-state index in [0.717, 1.165) is 36.3 Å². The monoisotopic (exact) mass is 460 g/mol. The predicted octanol–water partition coefficient (Wildman–Crippen LogP) is 7.16. The van der Waals surface area contributed by atoms with Crippen LogP contribution in [-0.2, 0) is 11.8 Å². The largest absolute Gasteiger partial charge is 0.508 e. The van der Waals surface area contributed by atoms with Crippen LogP contribution in [0.2, 0.25) is 0 Å². The van der Waals surface area contributed by atoms with Crippen molar-refractivity contribution in [3.8, 4) is 34.1 Å². The molecule has 1 heterocycles. The van der Waals surface area contributed by atoms with Gasteiger partial charge >= 0.3 is 0 Å². The molecule has 3 aromatic rings. The number of benzene rings is 3. The molecule has 1 aliphatic rings. The SMILES string of the molecule is COc1ccc(CCC(C)(C)CC2Oc3cc(OC)cc(-c4ccccc4)c3C2(C)C)c(O)c1. The number of hydrogen-bond acceptors (Lipinski definition) is 4. The summed E-state index contributed by atoms with van der Waals surface area (Å²) in [5.41, 5.74) is 4.39. The summed E-state index contributed by atoms with van der Waals surface area (Å²) < 4.78 is 17.4. The van der Waals surface area contributed by atoms with Crippen molar-refractivity contribution in [2.24, 2.45) is 5.41 Å². The van der Waals surface area contributed by atoms with E-state index in [2.05, 4.69) is 58.0 Å². The molecular formula is C30H36O4. The Hall–Kier alpha value is -3.14. The molecule has 1 aliphatic heterocycles. The Balaban J connectivity index is 1.57. The summed E-state index contributed by atoms with van der Waals surface area (Å²) in [6.07, 6.45) is 2.68. The van der Waals surface area contributed by atoms with Gasteiger partial charge in [-0.3, -0.25) is 0 Å². The third kappa shape index (κ3) is 4.72. The summed E-state index contributed by atoms with van der Waals surface area (Å²) >= 11 is 0. The lowest BCUT2D eigenvalue weighted by molar-refractivity contribution is 0.102. The minimum absolute atomic E-state index is 0.0212. The van der Waals surface area contributed by atoms with Gasteiger partial charge < -0.3 is 19.3 Å². The molecule has 0 aromatic heterocycles. The molecule has 1 atom stereocenters. The van der Waals surface area contributed by atoms with Crippen LogP contribution in [0.5, 0.6) is 23.0 Å². The normalized spacial score (nSPS) is 16.6. The summed E-state index contributed by atoms with van der Waals surface area (Å²) in [4.78, 5) is 0. The molecule has 180 valence electrons. The molecule has 0 saturated carbocycles. The zero-order chi connectivity index (χ0) is 24.5. The molecule has 0 bridgehead atoms. The van der Waals surface area contributed by atoms with Gasteiger partial charge in [-0.25, -0.2) is 0 Å². The van der Waals surface area contributed by atoms with Gasteiger partial charge in [0.1, 0.15) is 29.1 Å². The lowest BCUT2D eigenvalue weighted by Gasteiger charge is -2.34. The Morgan fingerprint density at radius 3 is 2.29 bits per heavy atom. The fourth-order valence-corrected chi connectivity index (χ4v) is 5.03. The van der Waals surface area contributed by atoms with Crippen LogP contribution in [0.3, 0.4) is 0 Å². The van der Waals surface area contributed by atoms with Gasteiger partial charge in [-0.1, -0.05) is 64.1 Å². The van der Waals surface area contributed by atoms with Gasteiger partial charge in [-0.05, 0) is 53.5 Å². The van der Waals surface area contributed by atoms with Gasteiger partial charge in [0.05, 0.1) is 14.2 Å². The maximum Gasteiger partial charge on any atom is 0.127 e. The quantitative estimate of drug-likeness (QED) is 0.387. The lowest BCUT2D eigenvalue weighted by Crippen LogP contribution is -2.36. The first-order valence-electron chi connectivity index (χ1n) is 11.9. The van der Waals surface area contributed by atoms with Crippen molar-refractivity contribution < 1.29 is 19.3 Å². The van der Waals surface area contributed by atoms with Crippen LogP contribution in [0.15, 0.2) is 60.7 Å². The Bertz CT molecular complexity index is 1150. The number of aromatic hydroxyl groups is 1. The standard InChI is InChI=1S/C30H36O4/c1-29(2,15-14-21-12-13-22(32-5)17-25(21)31)19-27-30(3,4)28-24(20-10-8-7-9-11-20)16-23(33-6)18-26(28)34-27/h7-13,16-18,27,31H,14-15,19H2,1-6H3. The van der Waals surface area contributed by atoms with E-state index in [9.17, 15) is 5.11 Å². The third-order valence-corrected chi connectivity index (χ3v) is 7.22. The fourth-order valence-electron chi connectivity index (χ4n) is 5.03. The lowest BCUT2D eigenvalue weighted by atomic mass is 9.71. The highest BCUT2D eigenvalue weighted by Crippen LogP contribution is 2.52. The zero-order valence-electron chi connectivity index (χ0n) is 21.1. The maximum atomic E-state index is 10.4. The molecule has 4 heteroatoms. The predicted molar refractivity (Wildman–Crippen MR) is 137 cm³/mol. The van der Waals surface area contributed by atoms with E-state index in [1.54, 1.807) is 20.3 Å². The Morgan fingerprint density at radius 1 is 0.941 bits per heavy atom. The molecule has 0 fully saturated rings. The molecule has 3 aromatic carbocycles. The van der Waals surface area contributed by atoms with Crippen LogP contribution in [-0.4, -0.2) is 25.4 Å². The average Bonchev–Trinajstić information content (AvgIpc) is 3.06. The van der Waals surface area contributed by atoms with Crippen molar-refractivity contribution in [2.75, 3.05) is 14.2 Å². The van der Waals surface area contributed by atoms with Gasteiger partial charge in [0.15, 0.2) is 0 Å². The number of fused-ring (bicyclic) bond motifs is 1. The second-order valence-electron chi connectivity index (χ2n) is 10.6. The molecule has 4 rings (SSSR count). The maximum absolute atomic E-state index is 10.4. The van der Waals surface area contributed by atoms with Crippen molar-refractivity contribution in [3.63, 3.8) is 0 Å². The van der Waals surface area contributed by atoms with E-state index in [4.69, 9.17) is 14.2 Å². The van der Waals surface area contributed by atoms with E-state index in [-0.39, 0.29) is 16.9 Å². The van der Waals surface area contributed by atoms with E-state index in [1.807, 2.05) is 24.3 Å². The molecule has 0 radical (unpaired) electrons. The summed E-state index contributed by atoms with van der Waals surface area (Å²) in [5.74, 6) is 2.68. The van der Waals surface area contributed by atoms with Crippen LogP contribution in [0.25, 0.3) is 11.1 Å². The highest BCUT2D eigenvalue weighted by atomic mass is 16.5. The zero-order valence-corrected chi connectivity index (χ0v) is 21.1. The molecule has 1 unspecified atom stereocenters. The first kappa shape index (κ1) is 24.0. The highest BCUT2D eigenvalue weighted by molar-refractivity contribution is 5.75. The van der Waals surface area contributed by atoms with Crippen LogP contribution < -0.4 is 14.2 Å². The second kappa shape index (κ2) is 9.25. The molecule has 0 amide bonds. The van der Waals surface area contributed by atoms with Crippen molar-refractivity contribution >= 4 is 0 Å².